The summed E-state index contributed by atoms with van der Waals surface area (Å²) in [6.07, 6.45) is 5.08. The molecule has 0 bridgehead atoms. The number of nitrogens with zero attached hydrogens (tertiary/aromatic N) is 1. The molecule has 2 rings (SSSR count). The van der Waals surface area contributed by atoms with Crippen LogP contribution in [0.25, 0.3) is 6.08 Å². The quantitative estimate of drug-likeness (QED) is 0.820. The molecule has 1 aromatic rings. The van der Waals surface area contributed by atoms with Gasteiger partial charge in [0.05, 0.1) is 5.02 Å². The molecule has 0 aromatic heterocycles. The zero-order valence-corrected chi connectivity index (χ0v) is 12.0. The molecular weight excluding hydrogens is 278 g/mol. The van der Waals surface area contributed by atoms with Crippen molar-refractivity contribution in [3.8, 4) is 5.75 Å². The van der Waals surface area contributed by atoms with E-state index >= 15 is 0 Å². The summed E-state index contributed by atoms with van der Waals surface area (Å²) in [5, 5.41) is 9.19. The summed E-state index contributed by atoms with van der Waals surface area (Å²) in [6, 6.07) is 5.30. The second-order valence-corrected chi connectivity index (χ2v) is 5.13. The van der Waals surface area contributed by atoms with Gasteiger partial charge in [0.25, 0.3) is 0 Å². The van der Waals surface area contributed by atoms with Crippen LogP contribution in [0.1, 0.15) is 18.4 Å². The molecule has 0 spiro atoms. The van der Waals surface area contributed by atoms with E-state index in [9.17, 15) is 4.79 Å². The Labute approximate surface area is 123 Å². The first-order chi connectivity index (χ1) is 9.66. The SMILES string of the molecule is O=C(O)/C=C/c1cccc(Cl)c1OCCN1CCCC1. The molecule has 0 atom stereocenters. The van der Waals surface area contributed by atoms with Crippen molar-refractivity contribution in [2.45, 2.75) is 12.8 Å². The van der Waals surface area contributed by atoms with Crippen LogP contribution in [0.15, 0.2) is 24.3 Å². The summed E-state index contributed by atoms with van der Waals surface area (Å²) in [6.45, 7) is 3.67. The molecule has 1 aromatic carbocycles. The Kier molecular flexibility index (Phi) is 5.44. The number of benzene rings is 1. The second kappa shape index (κ2) is 7.31. The van der Waals surface area contributed by atoms with Crippen LogP contribution in [0, 0.1) is 0 Å². The number of ether oxygens (including phenoxy) is 1. The Balaban J connectivity index is 1.99. The molecule has 0 saturated carbocycles. The van der Waals surface area contributed by atoms with Crippen LogP contribution in [0.2, 0.25) is 5.02 Å². The normalized spacial score (nSPS) is 15.8. The topological polar surface area (TPSA) is 49.8 Å². The standard InChI is InChI=1S/C15H18ClNO3/c16-13-5-3-4-12(6-7-14(18)19)15(13)20-11-10-17-8-1-2-9-17/h3-7H,1-2,8-11H2,(H,18,19)/b7-6+. The van der Waals surface area contributed by atoms with E-state index in [0.717, 1.165) is 25.7 Å². The van der Waals surface area contributed by atoms with Gasteiger partial charge in [-0.25, -0.2) is 4.79 Å². The molecule has 0 aliphatic carbocycles. The number of carbonyl (C=O) groups is 1. The van der Waals surface area contributed by atoms with Gasteiger partial charge < -0.3 is 9.84 Å². The highest BCUT2D eigenvalue weighted by Crippen LogP contribution is 2.29. The van der Waals surface area contributed by atoms with Crippen molar-refractivity contribution in [1.29, 1.82) is 0 Å². The first-order valence-electron chi connectivity index (χ1n) is 6.71. The van der Waals surface area contributed by atoms with Gasteiger partial charge >= 0.3 is 5.97 Å². The first kappa shape index (κ1) is 14.9. The average Bonchev–Trinajstić information content (AvgIpc) is 2.92. The van der Waals surface area contributed by atoms with Gasteiger partial charge in [0, 0.05) is 18.2 Å². The fourth-order valence-electron chi connectivity index (χ4n) is 2.25. The van der Waals surface area contributed by atoms with Gasteiger partial charge in [-0.3, -0.25) is 4.90 Å². The Morgan fingerprint density at radius 3 is 2.85 bits per heavy atom. The second-order valence-electron chi connectivity index (χ2n) is 4.73. The average molecular weight is 296 g/mol. The van der Waals surface area contributed by atoms with Gasteiger partial charge in [0.15, 0.2) is 0 Å². The number of aliphatic carboxylic acids is 1. The van der Waals surface area contributed by atoms with Crippen LogP contribution in [-0.4, -0.2) is 42.2 Å². The summed E-state index contributed by atoms with van der Waals surface area (Å²) < 4.78 is 5.74. The molecule has 5 heteroatoms. The van der Waals surface area contributed by atoms with Crippen LogP contribution < -0.4 is 4.74 Å². The van der Waals surface area contributed by atoms with Gasteiger partial charge in [0.1, 0.15) is 12.4 Å². The van der Waals surface area contributed by atoms with E-state index in [1.165, 1.54) is 18.9 Å². The molecule has 4 nitrogen and oxygen atoms in total. The lowest BCUT2D eigenvalue weighted by molar-refractivity contribution is -0.131. The summed E-state index contributed by atoms with van der Waals surface area (Å²) in [5.41, 5.74) is 0.682. The van der Waals surface area contributed by atoms with Crippen molar-refractivity contribution in [2.75, 3.05) is 26.2 Å². The molecule has 1 N–H and O–H groups in total. The smallest absolute Gasteiger partial charge is 0.328 e. The van der Waals surface area contributed by atoms with Crippen LogP contribution in [0.4, 0.5) is 0 Å². The lowest BCUT2D eigenvalue weighted by atomic mass is 10.2. The zero-order chi connectivity index (χ0) is 14.4. The van der Waals surface area contributed by atoms with Crippen molar-refractivity contribution >= 4 is 23.6 Å². The highest BCUT2D eigenvalue weighted by Gasteiger charge is 2.12. The molecule has 20 heavy (non-hydrogen) atoms. The van der Waals surface area contributed by atoms with Gasteiger partial charge in [-0.1, -0.05) is 23.7 Å². The molecule has 1 fully saturated rings. The summed E-state index contributed by atoms with van der Waals surface area (Å²) in [4.78, 5) is 12.9. The molecule has 108 valence electrons. The summed E-state index contributed by atoms with van der Waals surface area (Å²) >= 11 is 6.12. The van der Waals surface area contributed by atoms with Gasteiger partial charge in [-0.05, 0) is 38.1 Å². The van der Waals surface area contributed by atoms with Crippen molar-refractivity contribution in [3.63, 3.8) is 0 Å². The summed E-state index contributed by atoms with van der Waals surface area (Å²) in [7, 11) is 0. The largest absolute Gasteiger partial charge is 0.490 e. The van der Waals surface area contributed by atoms with Crippen LogP contribution in [-0.2, 0) is 4.79 Å². The predicted molar refractivity (Wildman–Crippen MR) is 79.3 cm³/mol. The number of hydrogen-bond donors (Lipinski definition) is 1. The predicted octanol–water partition coefficient (Wildman–Crippen LogP) is 2.91. The van der Waals surface area contributed by atoms with Crippen molar-refractivity contribution in [2.24, 2.45) is 0 Å². The van der Waals surface area contributed by atoms with Gasteiger partial charge in [-0.2, -0.15) is 0 Å². The molecular formula is C15H18ClNO3. The van der Waals surface area contributed by atoms with Crippen LogP contribution in [0.5, 0.6) is 5.75 Å². The highest BCUT2D eigenvalue weighted by atomic mass is 35.5. The maximum Gasteiger partial charge on any atom is 0.328 e. The van der Waals surface area contributed by atoms with Crippen molar-refractivity contribution in [1.82, 2.24) is 4.90 Å². The Bertz CT molecular complexity index is 496. The minimum Gasteiger partial charge on any atom is -0.490 e. The first-order valence-corrected chi connectivity index (χ1v) is 7.09. The Morgan fingerprint density at radius 2 is 2.15 bits per heavy atom. The van der Waals surface area contributed by atoms with Crippen molar-refractivity contribution in [3.05, 3.63) is 34.9 Å². The van der Waals surface area contributed by atoms with Gasteiger partial charge in [-0.15, -0.1) is 0 Å². The number of hydrogen-bond acceptors (Lipinski definition) is 3. The van der Waals surface area contributed by atoms with E-state index in [1.807, 2.05) is 0 Å². The monoisotopic (exact) mass is 295 g/mol. The minimum atomic E-state index is -0.993. The molecule has 1 aliphatic rings. The molecule has 0 amide bonds. The third-order valence-corrected chi connectivity index (χ3v) is 3.55. The van der Waals surface area contributed by atoms with E-state index in [1.54, 1.807) is 18.2 Å². The number of para-hydroxylation sites is 1. The number of rotatable bonds is 6. The number of carboxylic acids is 1. The fourth-order valence-corrected chi connectivity index (χ4v) is 2.49. The van der Waals surface area contributed by atoms with E-state index in [-0.39, 0.29) is 0 Å². The highest BCUT2D eigenvalue weighted by molar-refractivity contribution is 6.32. The zero-order valence-electron chi connectivity index (χ0n) is 11.2. The van der Waals surface area contributed by atoms with Crippen molar-refractivity contribution < 1.29 is 14.6 Å². The lowest BCUT2D eigenvalue weighted by Crippen LogP contribution is -2.25. The third-order valence-electron chi connectivity index (χ3n) is 3.26. The Morgan fingerprint density at radius 1 is 1.40 bits per heavy atom. The summed E-state index contributed by atoms with van der Waals surface area (Å²) in [5.74, 6) is -0.446. The third kappa shape index (κ3) is 4.25. The van der Waals surface area contributed by atoms with Gasteiger partial charge in [0.2, 0.25) is 0 Å². The van der Waals surface area contributed by atoms with E-state index in [4.69, 9.17) is 21.4 Å². The number of likely N-dealkylation sites (tertiary alicyclic amines) is 1. The molecule has 1 saturated heterocycles. The molecule has 1 heterocycles. The maximum absolute atomic E-state index is 10.6. The van der Waals surface area contributed by atoms with E-state index < -0.39 is 5.97 Å². The number of halogens is 1. The maximum atomic E-state index is 10.6. The Hall–Kier alpha value is -1.52. The lowest BCUT2D eigenvalue weighted by Gasteiger charge is -2.16. The molecule has 0 unspecified atom stereocenters. The van der Waals surface area contributed by atoms with E-state index in [0.29, 0.717) is 22.9 Å². The van der Waals surface area contributed by atoms with Crippen LogP contribution in [0.3, 0.4) is 0 Å². The molecule has 0 radical (unpaired) electrons. The number of carboxylic acid groups (broad SMARTS) is 1. The fraction of sp³-hybridized carbons (Fsp3) is 0.400. The minimum absolute atomic E-state index is 0.499. The van der Waals surface area contributed by atoms with E-state index in [2.05, 4.69) is 4.90 Å². The van der Waals surface area contributed by atoms with Crippen LogP contribution >= 0.6 is 11.6 Å². The molecule has 1 aliphatic heterocycles.